The van der Waals surface area contributed by atoms with Crippen molar-refractivity contribution in [2.75, 3.05) is 18.9 Å². The number of anilines is 1. The van der Waals surface area contributed by atoms with Gasteiger partial charge in [-0.2, -0.15) is 5.10 Å². The van der Waals surface area contributed by atoms with Gasteiger partial charge in [-0.15, -0.1) is 0 Å². The van der Waals surface area contributed by atoms with Gasteiger partial charge < -0.3 is 16.2 Å². The first-order valence-electron chi connectivity index (χ1n) is 8.18. The number of nitrogens with two attached hydrogens (primary N) is 2. The highest BCUT2D eigenvalue weighted by molar-refractivity contribution is 6.04. The highest BCUT2D eigenvalue weighted by Crippen LogP contribution is 2.32. The Hall–Kier alpha value is -2.93. The molecule has 1 aromatic carbocycles. The molecule has 0 bridgehead atoms. The lowest BCUT2D eigenvalue weighted by Gasteiger charge is -2.10. The first-order chi connectivity index (χ1) is 12.0. The van der Waals surface area contributed by atoms with Gasteiger partial charge in [-0.3, -0.25) is 9.78 Å². The predicted molar refractivity (Wildman–Crippen MR) is 95.1 cm³/mol. The number of hydrogen-bond donors (Lipinski definition) is 2. The number of pyridine rings is 1. The zero-order chi connectivity index (χ0) is 17.6. The number of amides is 1. The molecule has 4 N–H and O–H groups in total. The van der Waals surface area contributed by atoms with Crippen LogP contribution in [0.3, 0.4) is 0 Å². The zero-order valence-electron chi connectivity index (χ0n) is 13.9. The van der Waals surface area contributed by atoms with Gasteiger partial charge in [0.25, 0.3) is 5.91 Å². The molecule has 3 aromatic rings. The molecule has 0 radical (unpaired) electrons. The third-order valence-corrected chi connectivity index (χ3v) is 4.55. The summed E-state index contributed by atoms with van der Waals surface area (Å²) < 4.78 is 7.08. The Labute approximate surface area is 144 Å². The van der Waals surface area contributed by atoms with E-state index >= 15 is 0 Å². The average molecular weight is 337 g/mol. The molecule has 7 nitrogen and oxygen atoms in total. The standard InChI is InChI=1S/C18H19N5O2/c1-10-2-3-11-8-12(4-5-14(11)21-10)16-15(18(20)24)17(19)23(22-16)13-6-7-25-9-13/h2-5,8,13H,6-7,9,19H2,1H3,(H2,20,24). The maximum atomic E-state index is 12.0. The van der Waals surface area contributed by atoms with Crippen molar-refractivity contribution in [3.8, 4) is 11.3 Å². The van der Waals surface area contributed by atoms with Gasteiger partial charge in [0.15, 0.2) is 0 Å². The number of aryl methyl sites for hydroxylation is 1. The first-order valence-corrected chi connectivity index (χ1v) is 8.18. The average Bonchev–Trinajstić information content (AvgIpc) is 3.21. The number of fused-ring (bicyclic) bond motifs is 1. The van der Waals surface area contributed by atoms with Crippen molar-refractivity contribution >= 4 is 22.6 Å². The number of benzene rings is 1. The minimum Gasteiger partial charge on any atom is -0.383 e. The maximum absolute atomic E-state index is 12.0. The molecule has 4 rings (SSSR count). The molecule has 1 amide bonds. The second kappa shape index (κ2) is 5.86. The molecule has 1 aliphatic rings. The summed E-state index contributed by atoms with van der Waals surface area (Å²) in [5, 5.41) is 5.57. The molecule has 2 aromatic heterocycles. The lowest BCUT2D eigenvalue weighted by atomic mass is 10.0. The van der Waals surface area contributed by atoms with E-state index in [9.17, 15) is 4.79 Å². The van der Waals surface area contributed by atoms with Crippen LogP contribution in [0.1, 0.15) is 28.5 Å². The van der Waals surface area contributed by atoms with Gasteiger partial charge in [0.2, 0.25) is 0 Å². The Morgan fingerprint density at radius 1 is 1.32 bits per heavy atom. The van der Waals surface area contributed by atoms with Crippen molar-refractivity contribution in [1.82, 2.24) is 14.8 Å². The molecular weight excluding hydrogens is 318 g/mol. The van der Waals surface area contributed by atoms with Crippen LogP contribution in [0.25, 0.3) is 22.2 Å². The molecule has 0 spiro atoms. The number of carbonyl (C=O) groups excluding carboxylic acids is 1. The summed E-state index contributed by atoms with van der Waals surface area (Å²) in [5.41, 5.74) is 15.2. The number of carbonyl (C=O) groups is 1. The summed E-state index contributed by atoms with van der Waals surface area (Å²) in [4.78, 5) is 16.5. The van der Waals surface area contributed by atoms with Gasteiger partial charge in [0.1, 0.15) is 17.1 Å². The summed E-state index contributed by atoms with van der Waals surface area (Å²) in [5.74, 6) is -0.292. The van der Waals surface area contributed by atoms with Crippen molar-refractivity contribution < 1.29 is 9.53 Å². The smallest absolute Gasteiger partial charge is 0.254 e. The highest BCUT2D eigenvalue weighted by Gasteiger charge is 2.27. The summed E-state index contributed by atoms with van der Waals surface area (Å²) >= 11 is 0. The van der Waals surface area contributed by atoms with E-state index in [0.717, 1.165) is 28.6 Å². The van der Waals surface area contributed by atoms with Crippen LogP contribution in [0, 0.1) is 6.92 Å². The van der Waals surface area contributed by atoms with Gasteiger partial charge in [0.05, 0.1) is 18.2 Å². The lowest BCUT2D eigenvalue weighted by molar-refractivity contribution is 0.100. The Morgan fingerprint density at radius 2 is 2.16 bits per heavy atom. The number of aromatic nitrogens is 3. The van der Waals surface area contributed by atoms with E-state index < -0.39 is 5.91 Å². The first kappa shape index (κ1) is 15.6. The molecule has 7 heteroatoms. The van der Waals surface area contributed by atoms with Gasteiger partial charge in [-0.25, -0.2) is 4.68 Å². The molecule has 1 saturated heterocycles. The summed E-state index contributed by atoms with van der Waals surface area (Å²) in [6.07, 6.45) is 0.810. The minimum absolute atomic E-state index is 0.0247. The topological polar surface area (TPSA) is 109 Å². The number of rotatable bonds is 3. The summed E-state index contributed by atoms with van der Waals surface area (Å²) in [6.45, 7) is 3.14. The maximum Gasteiger partial charge on any atom is 0.254 e. The Bertz CT molecular complexity index is 973. The fourth-order valence-electron chi connectivity index (χ4n) is 3.26. The largest absolute Gasteiger partial charge is 0.383 e. The van der Waals surface area contributed by atoms with E-state index in [2.05, 4.69) is 10.1 Å². The van der Waals surface area contributed by atoms with E-state index in [4.69, 9.17) is 16.2 Å². The third-order valence-electron chi connectivity index (χ3n) is 4.55. The fraction of sp³-hybridized carbons (Fsp3) is 0.278. The van der Waals surface area contributed by atoms with Gasteiger partial charge in [-0.1, -0.05) is 12.1 Å². The number of nitrogen functional groups attached to an aromatic ring is 1. The van der Waals surface area contributed by atoms with Crippen LogP contribution in [-0.2, 0) is 4.74 Å². The van der Waals surface area contributed by atoms with Crippen LogP contribution in [0.5, 0.6) is 0 Å². The predicted octanol–water partition coefficient (Wildman–Crippen LogP) is 2.05. The van der Waals surface area contributed by atoms with Crippen LogP contribution in [0.2, 0.25) is 0 Å². The summed E-state index contributed by atoms with van der Waals surface area (Å²) in [6, 6.07) is 9.72. The molecule has 25 heavy (non-hydrogen) atoms. The molecular formula is C18H19N5O2. The quantitative estimate of drug-likeness (QED) is 0.760. The normalized spacial score (nSPS) is 17.2. The molecule has 1 atom stereocenters. The zero-order valence-corrected chi connectivity index (χ0v) is 13.9. The minimum atomic E-state index is -0.584. The molecule has 3 heterocycles. The molecule has 1 fully saturated rings. The molecule has 1 unspecified atom stereocenters. The SMILES string of the molecule is Cc1ccc2cc(-c3nn(C4CCOC4)c(N)c3C(N)=O)ccc2n1. The van der Waals surface area contributed by atoms with Crippen molar-refractivity contribution in [2.45, 2.75) is 19.4 Å². The highest BCUT2D eigenvalue weighted by atomic mass is 16.5. The van der Waals surface area contributed by atoms with E-state index in [1.807, 2.05) is 37.3 Å². The number of nitrogens with zero attached hydrogens (tertiary/aromatic N) is 3. The monoisotopic (exact) mass is 337 g/mol. The lowest BCUT2D eigenvalue weighted by Crippen LogP contribution is -2.16. The van der Waals surface area contributed by atoms with Crippen molar-refractivity contribution in [3.05, 3.63) is 41.6 Å². The fourth-order valence-corrected chi connectivity index (χ4v) is 3.26. The second-order valence-corrected chi connectivity index (χ2v) is 6.30. The van der Waals surface area contributed by atoms with E-state index in [0.29, 0.717) is 24.7 Å². The van der Waals surface area contributed by atoms with Gasteiger partial charge in [0, 0.05) is 23.3 Å². The van der Waals surface area contributed by atoms with Crippen LogP contribution < -0.4 is 11.5 Å². The Kier molecular flexibility index (Phi) is 3.65. The Morgan fingerprint density at radius 3 is 2.88 bits per heavy atom. The van der Waals surface area contributed by atoms with E-state index in [1.54, 1.807) is 4.68 Å². The van der Waals surface area contributed by atoms with Gasteiger partial charge in [-0.05, 0) is 31.5 Å². The Balaban J connectivity index is 1.87. The number of hydrogen-bond acceptors (Lipinski definition) is 5. The van der Waals surface area contributed by atoms with E-state index in [1.165, 1.54) is 0 Å². The third kappa shape index (κ3) is 2.62. The van der Waals surface area contributed by atoms with E-state index in [-0.39, 0.29) is 11.6 Å². The molecule has 128 valence electrons. The van der Waals surface area contributed by atoms with Crippen LogP contribution in [0.15, 0.2) is 30.3 Å². The van der Waals surface area contributed by atoms with Crippen molar-refractivity contribution in [3.63, 3.8) is 0 Å². The number of primary amides is 1. The molecule has 0 aliphatic carbocycles. The van der Waals surface area contributed by atoms with Gasteiger partial charge >= 0.3 is 0 Å². The molecule has 0 saturated carbocycles. The molecule has 1 aliphatic heterocycles. The second-order valence-electron chi connectivity index (χ2n) is 6.30. The summed E-state index contributed by atoms with van der Waals surface area (Å²) in [7, 11) is 0. The van der Waals surface area contributed by atoms with Crippen molar-refractivity contribution in [2.24, 2.45) is 5.73 Å². The van der Waals surface area contributed by atoms with Crippen LogP contribution in [-0.4, -0.2) is 33.9 Å². The van der Waals surface area contributed by atoms with Crippen LogP contribution in [0.4, 0.5) is 5.82 Å². The number of ether oxygens (including phenoxy) is 1. The van der Waals surface area contributed by atoms with Crippen molar-refractivity contribution in [1.29, 1.82) is 0 Å². The van der Waals surface area contributed by atoms with Crippen LogP contribution >= 0.6 is 0 Å².